The number of alkyl halides is 3. The minimum Gasteiger partial charge on any atom is -0.312 e. The van der Waals surface area contributed by atoms with Gasteiger partial charge in [-0.3, -0.25) is 0 Å². The van der Waals surface area contributed by atoms with E-state index in [9.17, 15) is 18.0 Å². The van der Waals surface area contributed by atoms with Crippen molar-refractivity contribution in [2.24, 2.45) is 5.16 Å². The first-order chi connectivity index (χ1) is 5.46. The Morgan fingerprint density at radius 1 is 1.50 bits per heavy atom. The van der Waals surface area contributed by atoms with E-state index in [0.717, 1.165) is 6.08 Å². The molecule has 0 aromatic rings. The maximum absolute atomic E-state index is 12.0. The number of carbonyl (C=O) groups is 1. The lowest BCUT2D eigenvalue weighted by atomic mass is 10.1. The number of hydrogen-bond donors (Lipinski definition) is 0. The summed E-state index contributed by atoms with van der Waals surface area (Å²) in [5, 5.41) is 2.61. The first kappa shape index (κ1) is 8.76. The van der Waals surface area contributed by atoms with E-state index in [-0.39, 0.29) is 0 Å². The molecule has 0 spiro atoms. The van der Waals surface area contributed by atoms with Crippen molar-refractivity contribution in [3.05, 3.63) is 11.6 Å². The molecule has 1 aliphatic rings. The van der Waals surface area contributed by atoms with Gasteiger partial charge in [0.05, 0.1) is 5.57 Å². The molecule has 0 saturated carbocycles. The van der Waals surface area contributed by atoms with Crippen LogP contribution in [0.5, 0.6) is 0 Å². The normalized spacial score (nSPS) is 21.2. The monoisotopic (exact) mass is 179 g/mol. The van der Waals surface area contributed by atoms with Crippen LogP contribution in [0.25, 0.3) is 0 Å². The van der Waals surface area contributed by atoms with Gasteiger partial charge in [0.15, 0.2) is 5.71 Å². The SMILES string of the molecule is C/C=C1/C(=O)ON=C1C(F)(F)F. The Morgan fingerprint density at radius 2 is 2.08 bits per heavy atom. The van der Waals surface area contributed by atoms with Crippen LogP contribution in [-0.2, 0) is 9.63 Å². The molecule has 1 heterocycles. The summed E-state index contributed by atoms with van der Waals surface area (Å²) in [5.74, 6) is -1.06. The average Bonchev–Trinajstić information content (AvgIpc) is 2.29. The largest absolute Gasteiger partial charge is 0.437 e. The maximum atomic E-state index is 12.0. The van der Waals surface area contributed by atoms with Gasteiger partial charge in [0.2, 0.25) is 0 Å². The number of oxime groups is 1. The fourth-order valence-electron chi connectivity index (χ4n) is 0.741. The van der Waals surface area contributed by atoms with Crippen LogP contribution >= 0.6 is 0 Å². The predicted molar refractivity (Wildman–Crippen MR) is 33.3 cm³/mol. The summed E-state index contributed by atoms with van der Waals surface area (Å²) in [5.41, 5.74) is -1.81. The molecule has 0 radical (unpaired) electrons. The second-order valence-corrected chi connectivity index (χ2v) is 2.02. The molecule has 1 aliphatic heterocycles. The third kappa shape index (κ3) is 1.32. The summed E-state index contributed by atoms with van der Waals surface area (Å²) in [6, 6.07) is 0. The van der Waals surface area contributed by atoms with Gasteiger partial charge in [-0.1, -0.05) is 11.2 Å². The molecule has 1 rings (SSSR count). The molecule has 0 aromatic heterocycles. The van der Waals surface area contributed by atoms with Crippen LogP contribution < -0.4 is 0 Å². The van der Waals surface area contributed by atoms with E-state index in [2.05, 4.69) is 9.99 Å². The second kappa shape index (κ2) is 2.62. The summed E-state index contributed by atoms with van der Waals surface area (Å²) in [6.07, 6.45) is -3.62. The van der Waals surface area contributed by atoms with Crippen molar-refractivity contribution >= 4 is 11.7 Å². The third-order valence-corrected chi connectivity index (χ3v) is 1.25. The van der Waals surface area contributed by atoms with Crippen LogP contribution in [0.2, 0.25) is 0 Å². The van der Waals surface area contributed by atoms with Crippen LogP contribution in [-0.4, -0.2) is 17.9 Å². The number of carbonyl (C=O) groups excluding carboxylic acids is 1. The van der Waals surface area contributed by atoms with Gasteiger partial charge in [-0.25, -0.2) is 4.79 Å². The number of hydrogen-bond acceptors (Lipinski definition) is 3. The van der Waals surface area contributed by atoms with Crippen molar-refractivity contribution in [2.75, 3.05) is 0 Å². The molecule has 0 unspecified atom stereocenters. The molecule has 12 heavy (non-hydrogen) atoms. The molecule has 0 N–H and O–H groups in total. The molecule has 6 heteroatoms. The molecule has 0 atom stereocenters. The van der Waals surface area contributed by atoms with Gasteiger partial charge in [0, 0.05) is 0 Å². The van der Waals surface area contributed by atoms with Gasteiger partial charge in [0.1, 0.15) is 0 Å². The van der Waals surface area contributed by atoms with Gasteiger partial charge >= 0.3 is 12.1 Å². The zero-order valence-electron chi connectivity index (χ0n) is 5.97. The Bertz CT molecular complexity index is 277. The Balaban J connectivity index is 3.02. The van der Waals surface area contributed by atoms with Crippen molar-refractivity contribution in [2.45, 2.75) is 13.1 Å². The number of allylic oxidation sites excluding steroid dienone is 1. The van der Waals surface area contributed by atoms with Gasteiger partial charge in [-0.2, -0.15) is 13.2 Å². The smallest absolute Gasteiger partial charge is 0.312 e. The Morgan fingerprint density at radius 3 is 2.42 bits per heavy atom. The van der Waals surface area contributed by atoms with E-state index >= 15 is 0 Å². The molecule has 66 valence electrons. The highest BCUT2D eigenvalue weighted by atomic mass is 19.4. The number of nitrogens with zero attached hydrogens (tertiary/aromatic N) is 1. The van der Waals surface area contributed by atoms with E-state index in [4.69, 9.17) is 0 Å². The summed E-state index contributed by atoms with van der Waals surface area (Å²) in [7, 11) is 0. The van der Waals surface area contributed by atoms with Crippen LogP contribution in [0.1, 0.15) is 6.92 Å². The van der Waals surface area contributed by atoms with Crippen molar-refractivity contribution in [3.8, 4) is 0 Å². The lowest BCUT2D eigenvalue weighted by molar-refractivity contribution is -0.136. The van der Waals surface area contributed by atoms with Crippen LogP contribution in [0, 0.1) is 0 Å². The molecular formula is C6H4F3NO2. The molecule has 3 nitrogen and oxygen atoms in total. The first-order valence-electron chi connectivity index (χ1n) is 3.00. The zero-order chi connectivity index (χ0) is 9.35. The van der Waals surface area contributed by atoms with Crippen LogP contribution in [0.4, 0.5) is 13.2 Å². The van der Waals surface area contributed by atoms with E-state index in [1.807, 2.05) is 0 Å². The molecule has 0 aromatic carbocycles. The minimum atomic E-state index is -4.63. The second-order valence-electron chi connectivity index (χ2n) is 2.02. The molecule has 0 fully saturated rings. The number of rotatable bonds is 0. The Hall–Kier alpha value is -1.33. The quantitative estimate of drug-likeness (QED) is 0.416. The lowest BCUT2D eigenvalue weighted by Gasteiger charge is -2.02. The Labute approximate surface area is 65.5 Å². The fourth-order valence-corrected chi connectivity index (χ4v) is 0.741. The summed E-state index contributed by atoms with van der Waals surface area (Å²) >= 11 is 0. The fraction of sp³-hybridized carbons (Fsp3) is 0.333. The van der Waals surface area contributed by atoms with Crippen molar-refractivity contribution in [1.29, 1.82) is 0 Å². The van der Waals surface area contributed by atoms with Crippen molar-refractivity contribution in [3.63, 3.8) is 0 Å². The lowest BCUT2D eigenvalue weighted by Crippen LogP contribution is -2.24. The van der Waals surface area contributed by atoms with Gasteiger partial charge in [0.25, 0.3) is 0 Å². The maximum Gasteiger partial charge on any atom is 0.437 e. The third-order valence-electron chi connectivity index (χ3n) is 1.25. The highest BCUT2D eigenvalue weighted by Crippen LogP contribution is 2.26. The molecule has 0 aliphatic carbocycles. The van der Waals surface area contributed by atoms with Gasteiger partial charge in [-0.15, -0.1) is 0 Å². The van der Waals surface area contributed by atoms with Gasteiger partial charge < -0.3 is 4.84 Å². The van der Waals surface area contributed by atoms with E-state index < -0.39 is 23.4 Å². The minimum absolute atomic E-state index is 0.539. The van der Waals surface area contributed by atoms with Crippen molar-refractivity contribution in [1.82, 2.24) is 0 Å². The average molecular weight is 179 g/mol. The van der Waals surface area contributed by atoms with Crippen LogP contribution in [0.15, 0.2) is 16.8 Å². The van der Waals surface area contributed by atoms with Crippen molar-refractivity contribution < 1.29 is 22.8 Å². The zero-order valence-corrected chi connectivity index (χ0v) is 5.97. The van der Waals surface area contributed by atoms with E-state index in [1.165, 1.54) is 6.92 Å². The topological polar surface area (TPSA) is 38.7 Å². The Kier molecular flexibility index (Phi) is 1.91. The van der Waals surface area contributed by atoms with E-state index in [1.54, 1.807) is 0 Å². The molecule has 0 saturated heterocycles. The predicted octanol–water partition coefficient (Wildman–Crippen LogP) is 1.41. The van der Waals surface area contributed by atoms with Gasteiger partial charge in [-0.05, 0) is 6.92 Å². The molecule has 0 bridgehead atoms. The van der Waals surface area contributed by atoms with E-state index in [0.29, 0.717) is 0 Å². The summed E-state index contributed by atoms with van der Waals surface area (Å²) in [4.78, 5) is 14.4. The highest BCUT2D eigenvalue weighted by molar-refractivity contribution is 6.24. The summed E-state index contributed by atoms with van der Waals surface area (Å²) in [6.45, 7) is 1.31. The first-order valence-corrected chi connectivity index (χ1v) is 3.00. The standard InChI is InChI=1S/C6H4F3NO2/c1-2-3-4(6(7,8)9)10-12-5(3)11/h2H,1H3/b3-2+. The highest BCUT2D eigenvalue weighted by Gasteiger charge is 2.44. The number of halogens is 3. The summed E-state index contributed by atoms with van der Waals surface area (Å²) < 4.78 is 35.9. The molecule has 0 amide bonds. The van der Waals surface area contributed by atoms with Crippen LogP contribution in [0.3, 0.4) is 0 Å². The molecular weight excluding hydrogens is 175 g/mol.